The molecule has 0 radical (unpaired) electrons. The Morgan fingerprint density at radius 3 is 2.44 bits per heavy atom. The van der Waals surface area contributed by atoms with Crippen molar-refractivity contribution in [2.75, 3.05) is 31.1 Å². The molecule has 3 aromatic rings. The zero-order chi connectivity index (χ0) is 27.4. The largest absolute Gasteiger partial charge is 0.477 e. The van der Waals surface area contributed by atoms with Crippen LogP contribution in [0.25, 0.3) is 0 Å². The highest BCUT2D eigenvalue weighted by Gasteiger charge is 2.39. The summed E-state index contributed by atoms with van der Waals surface area (Å²) in [6.45, 7) is 2.89. The molecule has 0 aliphatic carbocycles. The standard InChI is InChI=1S/C30H33N3O5S/c1-22-13-15-25(16-14-22)39(36,37)32-19-7-10-24(20-32)30(35)33-21-28(38-27-12-6-5-11-26(27)33)29(34)31-18-17-23-8-3-2-4-9-23/h2-6,8-9,11-16,24,28H,7,10,17-21H2,1H3,(H,31,34)/t24-,28-/m1/s1. The molecule has 3 aromatic carbocycles. The Morgan fingerprint density at radius 1 is 0.949 bits per heavy atom. The lowest BCUT2D eigenvalue weighted by atomic mass is 9.97. The van der Waals surface area contributed by atoms with Gasteiger partial charge in [-0.15, -0.1) is 0 Å². The van der Waals surface area contributed by atoms with Gasteiger partial charge in [0.25, 0.3) is 5.91 Å². The lowest BCUT2D eigenvalue weighted by molar-refractivity contribution is -0.129. The molecular weight excluding hydrogens is 514 g/mol. The average Bonchev–Trinajstić information content (AvgIpc) is 2.97. The molecule has 2 atom stereocenters. The first-order valence-corrected chi connectivity index (χ1v) is 14.7. The minimum absolute atomic E-state index is 0.0637. The normalized spacial score (nSPS) is 19.6. The number of rotatable bonds is 7. The predicted octanol–water partition coefficient (Wildman–Crippen LogP) is 3.55. The number of nitrogens with zero attached hydrogens (tertiary/aromatic N) is 2. The molecule has 2 aliphatic rings. The van der Waals surface area contributed by atoms with Gasteiger partial charge in [-0.2, -0.15) is 4.31 Å². The van der Waals surface area contributed by atoms with E-state index in [9.17, 15) is 18.0 Å². The number of amides is 2. The maximum Gasteiger partial charge on any atom is 0.262 e. The van der Waals surface area contributed by atoms with Crippen molar-refractivity contribution in [2.24, 2.45) is 5.92 Å². The topological polar surface area (TPSA) is 96.0 Å². The first-order valence-electron chi connectivity index (χ1n) is 13.3. The molecule has 1 fully saturated rings. The number of benzene rings is 3. The molecule has 0 saturated carbocycles. The van der Waals surface area contributed by atoms with E-state index in [-0.39, 0.29) is 29.8 Å². The fourth-order valence-corrected chi connectivity index (χ4v) is 6.63. The van der Waals surface area contributed by atoms with E-state index < -0.39 is 22.0 Å². The van der Waals surface area contributed by atoms with Crippen LogP contribution in [0.4, 0.5) is 5.69 Å². The van der Waals surface area contributed by atoms with Gasteiger partial charge in [0.2, 0.25) is 15.9 Å². The Bertz CT molecular complexity index is 1430. The van der Waals surface area contributed by atoms with Gasteiger partial charge in [0.15, 0.2) is 6.10 Å². The van der Waals surface area contributed by atoms with Crippen LogP contribution < -0.4 is 15.0 Å². The predicted molar refractivity (Wildman–Crippen MR) is 149 cm³/mol. The number of piperidine rings is 1. The maximum absolute atomic E-state index is 13.9. The van der Waals surface area contributed by atoms with Crippen molar-refractivity contribution >= 4 is 27.5 Å². The number of carbonyl (C=O) groups is 2. The SMILES string of the molecule is Cc1ccc(S(=O)(=O)N2CCC[C@@H](C(=O)N3C[C@H](C(=O)NCCc4ccccc4)Oc4ccccc43)C2)cc1. The lowest BCUT2D eigenvalue weighted by Crippen LogP contribution is -2.54. The van der Waals surface area contributed by atoms with E-state index in [2.05, 4.69) is 5.32 Å². The summed E-state index contributed by atoms with van der Waals surface area (Å²) in [7, 11) is -3.72. The molecule has 2 aliphatic heterocycles. The molecular formula is C30H33N3O5S. The number of carbonyl (C=O) groups excluding carboxylic acids is 2. The number of aryl methyl sites for hydroxylation is 1. The molecule has 9 heteroatoms. The first-order chi connectivity index (χ1) is 18.8. The van der Waals surface area contributed by atoms with Gasteiger partial charge >= 0.3 is 0 Å². The van der Waals surface area contributed by atoms with Gasteiger partial charge in [-0.1, -0.05) is 60.2 Å². The van der Waals surface area contributed by atoms with Gasteiger partial charge < -0.3 is 15.0 Å². The van der Waals surface area contributed by atoms with Crippen molar-refractivity contribution in [1.29, 1.82) is 0 Å². The number of fused-ring (bicyclic) bond motifs is 1. The Balaban J connectivity index is 1.29. The molecule has 204 valence electrons. The second kappa shape index (κ2) is 11.6. The highest BCUT2D eigenvalue weighted by molar-refractivity contribution is 7.89. The molecule has 0 bridgehead atoms. The van der Waals surface area contributed by atoms with Crippen LogP contribution in [0.2, 0.25) is 0 Å². The zero-order valence-corrected chi connectivity index (χ0v) is 22.8. The Kier molecular flexibility index (Phi) is 7.99. The van der Waals surface area contributed by atoms with Crippen LogP contribution in [0, 0.1) is 12.8 Å². The van der Waals surface area contributed by atoms with Crippen LogP contribution in [0.1, 0.15) is 24.0 Å². The van der Waals surface area contributed by atoms with Gasteiger partial charge in [-0.05, 0) is 56.0 Å². The Morgan fingerprint density at radius 2 is 1.67 bits per heavy atom. The van der Waals surface area contributed by atoms with Crippen molar-refractivity contribution < 1.29 is 22.7 Å². The van der Waals surface area contributed by atoms with Gasteiger partial charge in [0.1, 0.15) is 5.75 Å². The van der Waals surface area contributed by atoms with Gasteiger partial charge in [0, 0.05) is 19.6 Å². The van der Waals surface area contributed by atoms with E-state index in [1.165, 1.54) is 4.31 Å². The number of hydrogen-bond acceptors (Lipinski definition) is 5. The summed E-state index contributed by atoms with van der Waals surface area (Å²) in [6, 6.07) is 23.8. The van der Waals surface area contributed by atoms with Crippen molar-refractivity contribution in [3.63, 3.8) is 0 Å². The second-order valence-corrected chi connectivity index (χ2v) is 12.0. The molecule has 8 nitrogen and oxygen atoms in total. The van der Waals surface area contributed by atoms with E-state index in [1.807, 2.05) is 43.3 Å². The summed E-state index contributed by atoms with van der Waals surface area (Å²) in [5.74, 6) is -0.547. The first kappa shape index (κ1) is 26.9. The molecule has 2 amide bonds. The van der Waals surface area contributed by atoms with Crippen LogP contribution in [0.5, 0.6) is 5.75 Å². The van der Waals surface area contributed by atoms with E-state index in [0.29, 0.717) is 43.8 Å². The van der Waals surface area contributed by atoms with Crippen molar-refractivity contribution in [3.05, 3.63) is 90.0 Å². The highest BCUT2D eigenvalue weighted by Crippen LogP contribution is 2.35. The van der Waals surface area contributed by atoms with E-state index in [0.717, 1.165) is 11.1 Å². The summed E-state index contributed by atoms with van der Waals surface area (Å²) in [4.78, 5) is 28.7. The zero-order valence-electron chi connectivity index (χ0n) is 22.0. The minimum Gasteiger partial charge on any atom is -0.477 e. The molecule has 0 spiro atoms. The molecule has 0 unspecified atom stereocenters. The lowest BCUT2D eigenvalue weighted by Gasteiger charge is -2.38. The average molecular weight is 548 g/mol. The summed E-state index contributed by atoms with van der Waals surface area (Å²) in [5.41, 5.74) is 2.69. The Labute approximate surface area is 229 Å². The number of ether oxygens (including phenoxy) is 1. The highest BCUT2D eigenvalue weighted by atomic mass is 32.2. The number of hydrogen-bond donors (Lipinski definition) is 1. The Hall–Kier alpha value is -3.69. The van der Waals surface area contributed by atoms with Gasteiger partial charge in [-0.25, -0.2) is 8.42 Å². The van der Waals surface area contributed by atoms with E-state index in [4.69, 9.17) is 4.74 Å². The van der Waals surface area contributed by atoms with Crippen LogP contribution >= 0.6 is 0 Å². The monoisotopic (exact) mass is 547 g/mol. The number of nitrogens with one attached hydrogen (secondary N) is 1. The van der Waals surface area contributed by atoms with Crippen LogP contribution in [-0.4, -0.2) is 56.8 Å². The second-order valence-electron chi connectivity index (χ2n) is 10.1. The summed E-state index contributed by atoms with van der Waals surface area (Å²) in [5, 5.41) is 2.93. The van der Waals surface area contributed by atoms with Crippen LogP contribution in [0.15, 0.2) is 83.8 Å². The third-order valence-electron chi connectivity index (χ3n) is 7.28. The summed E-state index contributed by atoms with van der Waals surface area (Å²) < 4.78 is 34.0. The fraction of sp³-hybridized carbons (Fsp3) is 0.333. The molecule has 39 heavy (non-hydrogen) atoms. The maximum atomic E-state index is 13.9. The van der Waals surface area contributed by atoms with Crippen molar-refractivity contribution in [1.82, 2.24) is 9.62 Å². The number of para-hydroxylation sites is 2. The smallest absolute Gasteiger partial charge is 0.262 e. The molecule has 1 saturated heterocycles. The third-order valence-corrected chi connectivity index (χ3v) is 9.16. The molecule has 5 rings (SSSR count). The van der Waals surface area contributed by atoms with Gasteiger partial charge in [0.05, 0.1) is 23.0 Å². The third kappa shape index (κ3) is 5.99. The van der Waals surface area contributed by atoms with Crippen molar-refractivity contribution in [2.45, 2.75) is 37.2 Å². The summed E-state index contributed by atoms with van der Waals surface area (Å²) >= 11 is 0. The van der Waals surface area contributed by atoms with Gasteiger partial charge in [-0.3, -0.25) is 9.59 Å². The molecule has 2 heterocycles. The molecule has 0 aromatic heterocycles. The fourth-order valence-electron chi connectivity index (χ4n) is 5.11. The van der Waals surface area contributed by atoms with Crippen molar-refractivity contribution in [3.8, 4) is 5.75 Å². The van der Waals surface area contributed by atoms with E-state index >= 15 is 0 Å². The van der Waals surface area contributed by atoms with E-state index in [1.54, 1.807) is 47.4 Å². The quantitative estimate of drug-likeness (QED) is 0.488. The van der Waals surface area contributed by atoms with Crippen LogP contribution in [-0.2, 0) is 26.0 Å². The van der Waals surface area contributed by atoms with Crippen LogP contribution in [0.3, 0.4) is 0 Å². The minimum atomic E-state index is -3.72. The number of sulfonamides is 1. The number of anilines is 1. The molecule has 1 N–H and O–H groups in total. The summed E-state index contributed by atoms with van der Waals surface area (Å²) in [6.07, 6.45) is 0.977.